The highest BCUT2D eigenvalue weighted by Crippen LogP contribution is 2.54. The third kappa shape index (κ3) is 1.36. The molecule has 2 rings (SSSR count). The van der Waals surface area contributed by atoms with Crippen molar-refractivity contribution in [1.29, 1.82) is 0 Å². The van der Waals surface area contributed by atoms with Crippen molar-refractivity contribution in [3.63, 3.8) is 0 Å². The highest BCUT2D eigenvalue weighted by atomic mass is 14.9. The molecule has 1 nitrogen and oxygen atoms in total. The van der Waals surface area contributed by atoms with Gasteiger partial charge in [0.25, 0.3) is 0 Å². The number of hydrogen-bond donors (Lipinski definition) is 1. The molecule has 2 N–H and O–H groups in total. The van der Waals surface area contributed by atoms with Gasteiger partial charge in [-0.15, -0.1) is 0 Å². The van der Waals surface area contributed by atoms with E-state index in [1.807, 2.05) is 0 Å². The Morgan fingerprint density at radius 1 is 1.36 bits per heavy atom. The van der Waals surface area contributed by atoms with Gasteiger partial charge in [0.2, 0.25) is 0 Å². The molecule has 1 aliphatic carbocycles. The minimum Gasteiger partial charge on any atom is -0.324 e. The fraction of sp³-hybridized carbons (Fsp3) is 0.538. The van der Waals surface area contributed by atoms with E-state index in [1.54, 1.807) is 0 Å². The normalized spacial score (nSPS) is 30.8. The average Bonchev–Trinajstić information content (AvgIpc) is 2.80. The fourth-order valence-electron chi connectivity index (χ4n) is 2.31. The van der Waals surface area contributed by atoms with E-state index in [4.69, 9.17) is 5.73 Å². The molecule has 76 valence electrons. The van der Waals surface area contributed by atoms with Crippen LogP contribution in [-0.4, -0.2) is 5.54 Å². The second kappa shape index (κ2) is 3.09. The number of aryl methyl sites for hydroxylation is 1. The monoisotopic (exact) mass is 189 g/mol. The summed E-state index contributed by atoms with van der Waals surface area (Å²) in [7, 11) is 0. The van der Waals surface area contributed by atoms with Crippen molar-refractivity contribution < 1.29 is 0 Å². The van der Waals surface area contributed by atoms with E-state index in [-0.39, 0.29) is 5.54 Å². The highest BCUT2D eigenvalue weighted by molar-refractivity contribution is 5.38. The van der Waals surface area contributed by atoms with Crippen LogP contribution in [0, 0.1) is 12.8 Å². The predicted octanol–water partition coefficient (Wildman–Crippen LogP) is 2.84. The Labute approximate surface area is 86.3 Å². The highest BCUT2D eigenvalue weighted by Gasteiger charge is 2.53. The molecule has 0 bridgehead atoms. The average molecular weight is 189 g/mol. The lowest BCUT2D eigenvalue weighted by Crippen LogP contribution is -2.30. The first-order chi connectivity index (χ1) is 6.55. The van der Waals surface area contributed by atoms with Crippen molar-refractivity contribution in [3.8, 4) is 0 Å². The number of hydrogen-bond acceptors (Lipinski definition) is 1. The summed E-state index contributed by atoms with van der Waals surface area (Å²) in [6.07, 6.45) is 1.15. The number of nitrogens with two attached hydrogens (primary N) is 1. The van der Waals surface area contributed by atoms with Crippen molar-refractivity contribution in [2.45, 2.75) is 38.6 Å². The van der Waals surface area contributed by atoms with E-state index in [1.165, 1.54) is 11.1 Å². The first-order valence-corrected chi connectivity index (χ1v) is 5.40. The lowest BCUT2D eigenvalue weighted by atomic mass is 9.95. The van der Waals surface area contributed by atoms with E-state index in [2.05, 4.69) is 45.0 Å². The van der Waals surface area contributed by atoms with Gasteiger partial charge in [0, 0.05) is 11.5 Å². The van der Waals surface area contributed by atoms with Gasteiger partial charge in [0.1, 0.15) is 0 Å². The molecular formula is C13H19N. The van der Waals surface area contributed by atoms with Gasteiger partial charge >= 0.3 is 0 Å². The van der Waals surface area contributed by atoms with Gasteiger partial charge in [-0.1, -0.05) is 38.1 Å². The van der Waals surface area contributed by atoms with Gasteiger partial charge in [-0.05, 0) is 30.4 Å². The van der Waals surface area contributed by atoms with Crippen LogP contribution in [0.1, 0.15) is 37.3 Å². The third-order valence-electron chi connectivity index (χ3n) is 3.69. The minimum absolute atomic E-state index is 0.0616. The topological polar surface area (TPSA) is 26.0 Å². The first kappa shape index (κ1) is 9.72. The van der Waals surface area contributed by atoms with E-state index < -0.39 is 0 Å². The summed E-state index contributed by atoms with van der Waals surface area (Å²) in [6.45, 7) is 6.62. The second-order valence-electron chi connectivity index (χ2n) is 4.88. The van der Waals surface area contributed by atoms with Gasteiger partial charge in [-0.2, -0.15) is 0 Å². The Morgan fingerprint density at radius 2 is 2.00 bits per heavy atom. The van der Waals surface area contributed by atoms with Gasteiger partial charge in [0.15, 0.2) is 0 Å². The summed E-state index contributed by atoms with van der Waals surface area (Å²) in [6, 6.07) is 8.60. The smallest absolute Gasteiger partial charge is 0.0254 e. The van der Waals surface area contributed by atoms with Crippen LogP contribution in [0.2, 0.25) is 0 Å². The van der Waals surface area contributed by atoms with E-state index in [0.29, 0.717) is 11.8 Å². The van der Waals surface area contributed by atoms with Crippen molar-refractivity contribution in [2.24, 2.45) is 11.7 Å². The fourth-order valence-corrected chi connectivity index (χ4v) is 2.31. The molecule has 0 aliphatic heterocycles. The van der Waals surface area contributed by atoms with E-state index in [0.717, 1.165) is 6.42 Å². The zero-order valence-corrected chi connectivity index (χ0v) is 9.25. The SMILES string of the molecule is Cc1ccccc1C1CC1(N)C(C)C. The van der Waals surface area contributed by atoms with Crippen LogP contribution < -0.4 is 5.73 Å². The van der Waals surface area contributed by atoms with Crippen molar-refractivity contribution >= 4 is 0 Å². The molecule has 1 heteroatoms. The van der Waals surface area contributed by atoms with Crippen LogP contribution in [0.3, 0.4) is 0 Å². The zero-order chi connectivity index (χ0) is 10.3. The molecule has 1 aromatic rings. The largest absolute Gasteiger partial charge is 0.324 e. The molecule has 1 saturated carbocycles. The lowest BCUT2D eigenvalue weighted by molar-refractivity contribution is 0.464. The van der Waals surface area contributed by atoms with E-state index >= 15 is 0 Å². The Balaban J connectivity index is 2.25. The molecular weight excluding hydrogens is 170 g/mol. The standard InChI is InChI=1S/C13H19N/c1-9(2)13(14)8-12(13)11-7-5-4-6-10(11)3/h4-7,9,12H,8,14H2,1-3H3. The Morgan fingerprint density at radius 3 is 2.50 bits per heavy atom. The van der Waals surface area contributed by atoms with Gasteiger partial charge in [-0.3, -0.25) is 0 Å². The molecule has 0 radical (unpaired) electrons. The molecule has 2 atom stereocenters. The molecule has 0 amide bonds. The maximum absolute atomic E-state index is 6.33. The van der Waals surface area contributed by atoms with Crippen LogP contribution in [0.4, 0.5) is 0 Å². The third-order valence-corrected chi connectivity index (χ3v) is 3.69. The summed E-state index contributed by atoms with van der Waals surface area (Å²) in [4.78, 5) is 0. The molecule has 1 fully saturated rings. The lowest BCUT2D eigenvalue weighted by Gasteiger charge is -2.16. The van der Waals surface area contributed by atoms with Crippen LogP contribution in [0.5, 0.6) is 0 Å². The molecule has 2 unspecified atom stereocenters. The molecule has 0 saturated heterocycles. The van der Waals surface area contributed by atoms with Crippen LogP contribution >= 0.6 is 0 Å². The van der Waals surface area contributed by atoms with Gasteiger partial charge < -0.3 is 5.73 Å². The summed E-state index contributed by atoms with van der Waals surface area (Å²) in [5.74, 6) is 1.16. The summed E-state index contributed by atoms with van der Waals surface area (Å²) < 4.78 is 0. The van der Waals surface area contributed by atoms with Crippen LogP contribution in [0.15, 0.2) is 24.3 Å². The predicted molar refractivity (Wildman–Crippen MR) is 60.3 cm³/mol. The molecule has 1 aliphatic rings. The summed E-state index contributed by atoms with van der Waals surface area (Å²) >= 11 is 0. The van der Waals surface area contributed by atoms with Crippen molar-refractivity contribution in [1.82, 2.24) is 0 Å². The molecule has 0 spiro atoms. The van der Waals surface area contributed by atoms with Crippen LogP contribution in [0.25, 0.3) is 0 Å². The minimum atomic E-state index is 0.0616. The summed E-state index contributed by atoms with van der Waals surface area (Å²) in [5, 5.41) is 0. The Bertz CT molecular complexity index is 343. The molecule has 0 heterocycles. The van der Waals surface area contributed by atoms with Crippen molar-refractivity contribution in [3.05, 3.63) is 35.4 Å². The van der Waals surface area contributed by atoms with E-state index in [9.17, 15) is 0 Å². The first-order valence-electron chi connectivity index (χ1n) is 5.40. The van der Waals surface area contributed by atoms with Gasteiger partial charge in [0.05, 0.1) is 0 Å². The van der Waals surface area contributed by atoms with Crippen molar-refractivity contribution in [2.75, 3.05) is 0 Å². The van der Waals surface area contributed by atoms with Crippen LogP contribution in [-0.2, 0) is 0 Å². The Hall–Kier alpha value is -0.820. The maximum Gasteiger partial charge on any atom is 0.0254 e. The molecule has 0 aromatic heterocycles. The summed E-state index contributed by atoms with van der Waals surface area (Å²) in [5.41, 5.74) is 9.22. The molecule has 1 aromatic carbocycles. The maximum atomic E-state index is 6.33. The second-order valence-corrected chi connectivity index (χ2v) is 4.88. The van der Waals surface area contributed by atoms with Gasteiger partial charge in [-0.25, -0.2) is 0 Å². The molecule has 14 heavy (non-hydrogen) atoms. The number of benzene rings is 1. The number of rotatable bonds is 2. The quantitative estimate of drug-likeness (QED) is 0.760. The Kier molecular flexibility index (Phi) is 2.15. The zero-order valence-electron chi connectivity index (χ0n) is 9.25.